The fraction of sp³-hybridized carbons (Fsp3) is 0.263. The van der Waals surface area contributed by atoms with Gasteiger partial charge in [0, 0.05) is 17.3 Å². The molecule has 3 N–H and O–H groups in total. The summed E-state index contributed by atoms with van der Waals surface area (Å²) in [7, 11) is 0. The summed E-state index contributed by atoms with van der Waals surface area (Å²) >= 11 is 0. The fourth-order valence-electron chi connectivity index (χ4n) is 2.38. The van der Waals surface area contributed by atoms with Crippen LogP contribution in [0.25, 0.3) is 0 Å². The van der Waals surface area contributed by atoms with Crippen molar-refractivity contribution in [2.45, 2.75) is 25.8 Å². The zero-order chi connectivity index (χ0) is 17.8. The van der Waals surface area contributed by atoms with Crippen molar-refractivity contribution >= 4 is 28.9 Å². The second kappa shape index (κ2) is 7.34. The molecule has 2 aromatic carbocycles. The summed E-state index contributed by atoms with van der Waals surface area (Å²) in [6, 6.07) is 12.9. The third-order valence-electron chi connectivity index (χ3n) is 3.99. The van der Waals surface area contributed by atoms with Crippen LogP contribution >= 0.6 is 0 Å². The molecule has 0 aromatic heterocycles. The lowest BCUT2D eigenvalue weighted by Gasteiger charge is -2.16. The van der Waals surface area contributed by atoms with Crippen LogP contribution < -0.4 is 16.0 Å². The van der Waals surface area contributed by atoms with Gasteiger partial charge in [0.25, 0.3) is 0 Å². The predicted octanol–water partition coefficient (Wildman–Crippen LogP) is 3.61. The molecule has 0 saturated heterocycles. The Bertz CT molecular complexity index is 775. The average molecular weight is 341 g/mol. The van der Waals surface area contributed by atoms with E-state index in [0.717, 1.165) is 12.8 Å². The molecule has 130 valence electrons. The van der Waals surface area contributed by atoms with Gasteiger partial charge in [-0.25, -0.2) is 4.39 Å². The molecule has 2 aromatic rings. The molecule has 0 heterocycles. The van der Waals surface area contributed by atoms with Crippen molar-refractivity contribution in [3.8, 4) is 0 Å². The maximum atomic E-state index is 13.9. The number of anilines is 3. The number of nitrogens with one attached hydrogen (secondary N) is 3. The second-order valence-electron chi connectivity index (χ2n) is 6.18. The van der Waals surface area contributed by atoms with Gasteiger partial charge in [-0.2, -0.15) is 0 Å². The van der Waals surface area contributed by atoms with Crippen molar-refractivity contribution in [1.82, 2.24) is 0 Å². The van der Waals surface area contributed by atoms with Gasteiger partial charge in [-0.05, 0) is 50.1 Å². The minimum atomic E-state index is -0.530. The highest BCUT2D eigenvalue weighted by molar-refractivity contribution is 5.97. The largest absolute Gasteiger partial charge is 0.374 e. The number of hydrogen-bond donors (Lipinski definition) is 3. The highest BCUT2D eigenvalue weighted by atomic mass is 19.1. The maximum absolute atomic E-state index is 13.9. The third-order valence-corrected chi connectivity index (χ3v) is 3.99. The Kier molecular flexibility index (Phi) is 4.97. The predicted molar refractivity (Wildman–Crippen MR) is 95.9 cm³/mol. The summed E-state index contributed by atoms with van der Waals surface area (Å²) in [6.45, 7) is 1.71. The van der Waals surface area contributed by atoms with E-state index in [0.29, 0.717) is 11.4 Å². The summed E-state index contributed by atoms with van der Waals surface area (Å²) < 4.78 is 13.9. The molecule has 0 spiro atoms. The topological polar surface area (TPSA) is 70.2 Å². The molecule has 0 bridgehead atoms. The number of amides is 2. The third kappa shape index (κ3) is 4.56. The Morgan fingerprint density at radius 1 is 1.04 bits per heavy atom. The van der Waals surface area contributed by atoms with E-state index in [-0.39, 0.29) is 23.4 Å². The smallest absolute Gasteiger partial charge is 0.246 e. The quantitative estimate of drug-likeness (QED) is 0.752. The first-order chi connectivity index (χ1) is 12.0. The van der Waals surface area contributed by atoms with Crippen molar-refractivity contribution in [3.05, 3.63) is 54.3 Å². The van der Waals surface area contributed by atoms with E-state index in [1.165, 1.54) is 18.2 Å². The van der Waals surface area contributed by atoms with Crippen molar-refractivity contribution in [3.63, 3.8) is 0 Å². The van der Waals surface area contributed by atoms with Gasteiger partial charge in [0.15, 0.2) is 0 Å². The molecule has 6 heteroatoms. The van der Waals surface area contributed by atoms with E-state index < -0.39 is 11.9 Å². The normalized spacial score (nSPS) is 14.5. The van der Waals surface area contributed by atoms with E-state index in [9.17, 15) is 14.0 Å². The van der Waals surface area contributed by atoms with Crippen molar-refractivity contribution in [1.29, 1.82) is 0 Å². The Balaban J connectivity index is 1.63. The Morgan fingerprint density at radius 2 is 1.76 bits per heavy atom. The lowest BCUT2D eigenvalue weighted by atomic mass is 10.2. The van der Waals surface area contributed by atoms with Gasteiger partial charge in [0.05, 0.1) is 5.69 Å². The van der Waals surface area contributed by atoms with Crippen molar-refractivity contribution < 1.29 is 14.0 Å². The minimum absolute atomic E-state index is 0.00779. The van der Waals surface area contributed by atoms with Crippen LogP contribution in [-0.4, -0.2) is 17.9 Å². The molecular formula is C19H20FN3O2. The zero-order valence-corrected chi connectivity index (χ0v) is 13.9. The van der Waals surface area contributed by atoms with E-state index >= 15 is 0 Å². The van der Waals surface area contributed by atoms with Gasteiger partial charge in [0.1, 0.15) is 11.9 Å². The number of benzene rings is 2. The molecule has 5 nitrogen and oxygen atoms in total. The second-order valence-corrected chi connectivity index (χ2v) is 6.18. The fourth-order valence-corrected chi connectivity index (χ4v) is 2.38. The monoisotopic (exact) mass is 341 g/mol. The summed E-state index contributed by atoms with van der Waals surface area (Å²) in [5.41, 5.74) is 1.39. The number of halogens is 1. The lowest BCUT2D eigenvalue weighted by Crippen LogP contribution is -2.31. The molecule has 0 radical (unpaired) electrons. The molecule has 1 atom stereocenters. The zero-order valence-electron chi connectivity index (χ0n) is 13.9. The summed E-state index contributed by atoms with van der Waals surface area (Å²) in [5, 5.41) is 8.42. The molecule has 25 heavy (non-hydrogen) atoms. The lowest BCUT2D eigenvalue weighted by molar-refractivity contribution is -0.117. The first-order valence-electron chi connectivity index (χ1n) is 8.26. The van der Waals surface area contributed by atoms with Crippen LogP contribution in [0.15, 0.2) is 48.5 Å². The Hall–Kier alpha value is -2.89. The first-order valence-corrected chi connectivity index (χ1v) is 8.26. The van der Waals surface area contributed by atoms with Gasteiger partial charge < -0.3 is 16.0 Å². The van der Waals surface area contributed by atoms with E-state index in [1.54, 1.807) is 19.1 Å². The first kappa shape index (κ1) is 17.0. The number of carbonyl (C=O) groups is 2. The van der Waals surface area contributed by atoms with Crippen LogP contribution in [-0.2, 0) is 9.59 Å². The SMILES string of the molecule is C[C@H](Nc1ccc(F)c(NC(=O)C2CC2)c1)C(=O)Nc1ccccc1. The number of rotatable bonds is 6. The standard InChI is InChI=1S/C19H20FN3O2/c1-12(18(24)22-14-5-3-2-4-6-14)21-15-9-10-16(20)17(11-15)23-19(25)13-7-8-13/h2-6,9-13,21H,7-8H2,1H3,(H,22,24)(H,23,25)/t12-/m0/s1. The van der Waals surface area contributed by atoms with Gasteiger partial charge in [-0.3, -0.25) is 9.59 Å². The van der Waals surface area contributed by atoms with Crippen LogP contribution in [0.5, 0.6) is 0 Å². The van der Waals surface area contributed by atoms with E-state index in [1.807, 2.05) is 18.2 Å². The highest BCUT2D eigenvalue weighted by Gasteiger charge is 2.30. The number of hydrogen-bond acceptors (Lipinski definition) is 3. The van der Waals surface area contributed by atoms with Gasteiger partial charge in [0.2, 0.25) is 11.8 Å². The van der Waals surface area contributed by atoms with Gasteiger partial charge in [-0.1, -0.05) is 18.2 Å². The molecule has 2 amide bonds. The van der Waals surface area contributed by atoms with E-state index in [2.05, 4.69) is 16.0 Å². The van der Waals surface area contributed by atoms with Gasteiger partial charge in [-0.15, -0.1) is 0 Å². The molecule has 1 aliphatic carbocycles. The van der Waals surface area contributed by atoms with Crippen LogP contribution in [0, 0.1) is 11.7 Å². The van der Waals surface area contributed by atoms with Crippen molar-refractivity contribution in [2.75, 3.05) is 16.0 Å². The molecule has 1 aliphatic rings. The number of para-hydroxylation sites is 1. The number of carbonyl (C=O) groups excluding carboxylic acids is 2. The molecule has 0 aliphatic heterocycles. The van der Waals surface area contributed by atoms with Crippen LogP contribution in [0.2, 0.25) is 0 Å². The molecule has 1 fully saturated rings. The van der Waals surface area contributed by atoms with E-state index in [4.69, 9.17) is 0 Å². The molecular weight excluding hydrogens is 321 g/mol. The summed E-state index contributed by atoms with van der Waals surface area (Å²) in [6.07, 6.45) is 1.70. The van der Waals surface area contributed by atoms with Gasteiger partial charge >= 0.3 is 0 Å². The molecule has 1 saturated carbocycles. The summed E-state index contributed by atoms with van der Waals surface area (Å²) in [5.74, 6) is -0.877. The van der Waals surface area contributed by atoms with Crippen LogP contribution in [0.3, 0.4) is 0 Å². The molecule has 0 unspecified atom stereocenters. The Labute approximate surface area is 145 Å². The van der Waals surface area contributed by atoms with Crippen molar-refractivity contribution in [2.24, 2.45) is 5.92 Å². The summed E-state index contributed by atoms with van der Waals surface area (Å²) in [4.78, 5) is 24.0. The van der Waals surface area contributed by atoms with Crippen LogP contribution in [0.4, 0.5) is 21.5 Å². The van der Waals surface area contributed by atoms with Crippen LogP contribution in [0.1, 0.15) is 19.8 Å². The molecule has 3 rings (SSSR count). The maximum Gasteiger partial charge on any atom is 0.246 e. The highest BCUT2D eigenvalue weighted by Crippen LogP contribution is 2.31. The Morgan fingerprint density at radius 3 is 2.44 bits per heavy atom. The minimum Gasteiger partial charge on any atom is -0.374 e. The average Bonchev–Trinajstić information content (AvgIpc) is 3.44.